The fourth-order valence-electron chi connectivity index (χ4n) is 3.38. The van der Waals surface area contributed by atoms with Gasteiger partial charge in [-0.1, -0.05) is 0 Å². The lowest BCUT2D eigenvalue weighted by atomic mass is 10.0. The van der Waals surface area contributed by atoms with E-state index in [0.717, 1.165) is 5.56 Å². The number of hydrogen-bond acceptors (Lipinski definition) is 6. The van der Waals surface area contributed by atoms with Crippen LogP contribution < -0.4 is 14.6 Å². The molecule has 0 saturated carbocycles. The first-order valence-corrected chi connectivity index (χ1v) is 11.5. The SMILES string of the molecule is COc1ccc(OC)c(C2CCCN2S(=O)(=O)c2ccc(S(N)(=O)=O)cc2)c1. The summed E-state index contributed by atoms with van der Waals surface area (Å²) >= 11 is 0. The van der Waals surface area contributed by atoms with E-state index in [9.17, 15) is 16.8 Å². The van der Waals surface area contributed by atoms with Gasteiger partial charge in [0.25, 0.3) is 0 Å². The van der Waals surface area contributed by atoms with Crippen molar-refractivity contribution in [1.29, 1.82) is 0 Å². The van der Waals surface area contributed by atoms with Gasteiger partial charge in [0.1, 0.15) is 11.5 Å². The number of nitrogens with zero attached hydrogens (tertiary/aromatic N) is 1. The highest BCUT2D eigenvalue weighted by Gasteiger charge is 2.37. The summed E-state index contributed by atoms with van der Waals surface area (Å²) in [4.78, 5) is -0.132. The summed E-state index contributed by atoms with van der Waals surface area (Å²) in [6.07, 6.45) is 1.33. The van der Waals surface area contributed by atoms with Crippen LogP contribution in [0.25, 0.3) is 0 Å². The molecule has 1 aliphatic rings. The third kappa shape index (κ3) is 3.86. The lowest BCUT2D eigenvalue weighted by molar-refractivity contribution is 0.361. The van der Waals surface area contributed by atoms with Crippen molar-refractivity contribution in [3.63, 3.8) is 0 Å². The molecule has 152 valence electrons. The monoisotopic (exact) mass is 426 g/mol. The molecule has 0 aromatic heterocycles. The van der Waals surface area contributed by atoms with Gasteiger partial charge in [-0.2, -0.15) is 4.31 Å². The van der Waals surface area contributed by atoms with Crippen LogP contribution in [0.1, 0.15) is 24.4 Å². The van der Waals surface area contributed by atoms with Crippen molar-refractivity contribution in [3.05, 3.63) is 48.0 Å². The largest absolute Gasteiger partial charge is 0.497 e. The highest BCUT2D eigenvalue weighted by Crippen LogP contribution is 2.41. The van der Waals surface area contributed by atoms with Crippen LogP contribution >= 0.6 is 0 Å². The van der Waals surface area contributed by atoms with Gasteiger partial charge in [-0.05, 0) is 55.3 Å². The molecular formula is C18H22N2O6S2. The Morgan fingerprint density at radius 1 is 0.964 bits per heavy atom. The standard InChI is InChI=1S/C18H22N2O6S2/c1-25-13-5-10-18(26-2)16(12-13)17-4-3-11-20(17)28(23,24)15-8-6-14(7-9-15)27(19,21)22/h5-10,12,17H,3-4,11H2,1-2H3,(H2,19,21,22). The van der Waals surface area contributed by atoms with Crippen molar-refractivity contribution in [3.8, 4) is 11.5 Å². The summed E-state index contributed by atoms with van der Waals surface area (Å²) in [6.45, 7) is 0.351. The third-order valence-electron chi connectivity index (χ3n) is 4.76. The van der Waals surface area contributed by atoms with E-state index >= 15 is 0 Å². The smallest absolute Gasteiger partial charge is 0.243 e. The van der Waals surface area contributed by atoms with E-state index in [-0.39, 0.29) is 9.79 Å². The minimum absolute atomic E-state index is 0.00802. The average Bonchev–Trinajstić information content (AvgIpc) is 3.17. The number of nitrogens with two attached hydrogens (primary N) is 1. The molecule has 1 atom stereocenters. The second kappa shape index (κ2) is 7.70. The molecule has 10 heteroatoms. The zero-order valence-electron chi connectivity index (χ0n) is 15.5. The molecule has 1 heterocycles. The molecule has 8 nitrogen and oxygen atoms in total. The van der Waals surface area contributed by atoms with Crippen molar-refractivity contribution in [1.82, 2.24) is 4.31 Å². The Morgan fingerprint density at radius 3 is 2.18 bits per heavy atom. The molecule has 2 aromatic carbocycles. The summed E-state index contributed by atoms with van der Waals surface area (Å²) in [5, 5.41) is 5.08. The number of methoxy groups -OCH3 is 2. The van der Waals surface area contributed by atoms with Crippen molar-refractivity contribution in [2.45, 2.75) is 28.7 Å². The first kappa shape index (κ1) is 20.6. The van der Waals surface area contributed by atoms with Gasteiger partial charge >= 0.3 is 0 Å². The summed E-state index contributed by atoms with van der Waals surface area (Å²) in [7, 11) is -4.66. The summed E-state index contributed by atoms with van der Waals surface area (Å²) in [5.74, 6) is 1.19. The van der Waals surface area contributed by atoms with E-state index in [2.05, 4.69) is 0 Å². The second-order valence-corrected chi connectivity index (χ2v) is 9.85. The number of primary sulfonamides is 1. The van der Waals surface area contributed by atoms with Crippen LogP contribution in [0.3, 0.4) is 0 Å². The van der Waals surface area contributed by atoms with Crippen LogP contribution in [0, 0.1) is 0 Å². The maximum atomic E-state index is 13.2. The third-order valence-corrected chi connectivity index (χ3v) is 7.61. The molecule has 1 aliphatic heterocycles. The van der Waals surface area contributed by atoms with E-state index in [0.29, 0.717) is 30.9 Å². The summed E-state index contributed by atoms with van der Waals surface area (Å²) in [6, 6.07) is 9.77. The van der Waals surface area contributed by atoms with E-state index in [1.807, 2.05) is 0 Å². The highest BCUT2D eigenvalue weighted by atomic mass is 32.2. The van der Waals surface area contributed by atoms with Gasteiger partial charge in [-0.15, -0.1) is 0 Å². The van der Waals surface area contributed by atoms with Gasteiger partial charge in [-0.25, -0.2) is 22.0 Å². The first-order valence-electron chi connectivity index (χ1n) is 8.55. The van der Waals surface area contributed by atoms with Gasteiger partial charge in [0, 0.05) is 12.1 Å². The molecular weight excluding hydrogens is 404 g/mol. The maximum Gasteiger partial charge on any atom is 0.243 e. The first-order chi connectivity index (χ1) is 13.2. The number of benzene rings is 2. The second-order valence-electron chi connectivity index (χ2n) is 6.40. The van der Waals surface area contributed by atoms with Gasteiger partial charge in [-0.3, -0.25) is 0 Å². The van der Waals surface area contributed by atoms with Crippen LogP contribution in [0.5, 0.6) is 11.5 Å². The van der Waals surface area contributed by atoms with Crippen molar-refractivity contribution >= 4 is 20.0 Å². The zero-order chi connectivity index (χ0) is 20.5. The fraction of sp³-hybridized carbons (Fsp3) is 0.333. The number of rotatable bonds is 6. The molecule has 0 amide bonds. The molecule has 3 rings (SSSR count). The van der Waals surface area contributed by atoms with Crippen LogP contribution in [0.4, 0.5) is 0 Å². The Hall–Kier alpha value is -2.14. The molecule has 1 saturated heterocycles. The van der Waals surface area contributed by atoms with E-state index in [1.165, 1.54) is 35.7 Å². The van der Waals surface area contributed by atoms with E-state index in [1.54, 1.807) is 25.3 Å². The molecule has 0 radical (unpaired) electrons. The van der Waals surface area contributed by atoms with Crippen molar-refractivity contribution in [2.24, 2.45) is 5.14 Å². The maximum absolute atomic E-state index is 13.2. The van der Waals surface area contributed by atoms with Crippen molar-refractivity contribution < 1.29 is 26.3 Å². The minimum Gasteiger partial charge on any atom is -0.497 e. The van der Waals surface area contributed by atoms with E-state index in [4.69, 9.17) is 14.6 Å². The Morgan fingerprint density at radius 2 is 1.61 bits per heavy atom. The Balaban J connectivity index is 2.00. The molecule has 28 heavy (non-hydrogen) atoms. The van der Waals surface area contributed by atoms with Crippen LogP contribution in [0.2, 0.25) is 0 Å². The summed E-state index contributed by atoms with van der Waals surface area (Å²) in [5.41, 5.74) is 0.726. The molecule has 0 bridgehead atoms. The molecule has 2 N–H and O–H groups in total. The van der Waals surface area contributed by atoms with E-state index < -0.39 is 26.1 Å². The lowest BCUT2D eigenvalue weighted by Gasteiger charge is -2.26. The fourth-order valence-corrected chi connectivity index (χ4v) is 5.56. The number of ether oxygens (including phenoxy) is 2. The van der Waals surface area contributed by atoms with Gasteiger partial charge < -0.3 is 9.47 Å². The van der Waals surface area contributed by atoms with Gasteiger partial charge in [0.15, 0.2) is 0 Å². The Labute approximate surface area is 165 Å². The van der Waals surface area contributed by atoms with Crippen LogP contribution in [-0.2, 0) is 20.0 Å². The topological polar surface area (TPSA) is 116 Å². The normalized spacial score (nSPS) is 18.2. The lowest BCUT2D eigenvalue weighted by Crippen LogP contribution is -2.31. The van der Waals surface area contributed by atoms with Gasteiger partial charge in [0.05, 0.1) is 30.1 Å². The number of sulfonamides is 2. The molecule has 0 aliphatic carbocycles. The molecule has 1 unspecified atom stereocenters. The summed E-state index contributed by atoms with van der Waals surface area (Å²) < 4.78 is 61.3. The van der Waals surface area contributed by atoms with Crippen LogP contribution in [-0.4, -0.2) is 41.9 Å². The molecule has 2 aromatic rings. The van der Waals surface area contributed by atoms with Crippen LogP contribution in [0.15, 0.2) is 52.3 Å². The molecule has 1 fully saturated rings. The van der Waals surface area contributed by atoms with Gasteiger partial charge in [0.2, 0.25) is 20.0 Å². The average molecular weight is 427 g/mol. The predicted molar refractivity (Wildman–Crippen MR) is 103 cm³/mol. The Kier molecular flexibility index (Phi) is 5.67. The predicted octanol–water partition coefficient (Wildman–Crippen LogP) is 1.88. The van der Waals surface area contributed by atoms with Crippen molar-refractivity contribution in [2.75, 3.05) is 20.8 Å². The quantitative estimate of drug-likeness (QED) is 0.754. The zero-order valence-corrected chi connectivity index (χ0v) is 17.2. The molecule has 0 spiro atoms. The highest BCUT2D eigenvalue weighted by molar-refractivity contribution is 7.89. The Bertz CT molecular complexity index is 1070. The number of hydrogen-bond donors (Lipinski definition) is 1. The minimum atomic E-state index is -3.89.